The number of nitrogens with one attached hydrogen (secondary N) is 2. The maximum atomic E-state index is 12.5. The Bertz CT molecular complexity index is 743. The van der Waals surface area contributed by atoms with E-state index in [1.165, 1.54) is 12.1 Å². The highest BCUT2D eigenvalue weighted by Crippen LogP contribution is 2.31. The zero-order valence-electron chi connectivity index (χ0n) is 16.3. The average molecular weight is 436 g/mol. The lowest BCUT2D eigenvalue weighted by atomic mass is 10.0. The summed E-state index contributed by atoms with van der Waals surface area (Å²) in [7, 11) is -3.74. The molecule has 1 amide bonds. The number of carbonyl (C=O) groups is 1. The number of fused-ring (bicyclic) bond motifs is 1. The number of benzene rings is 1. The van der Waals surface area contributed by atoms with Crippen LogP contribution in [0.2, 0.25) is 0 Å². The Hall–Kier alpha value is -1.55. The maximum Gasteiger partial charge on any atom is 0.240 e. The molecule has 8 nitrogen and oxygen atoms in total. The van der Waals surface area contributed by atoms with Gasteiger partial charge in [-0.15, -0.1) is 12.4 Å². The third-order valence-electron chi connectivity index (χ3n) is 4.08. The van der Waals surface area contributed by atoms with Crippen molar-refractivity contribution < 1.29 is 22.7 Å². The van der Waals surface area contributed by atoms with E-state index in [1.54, 1.807) is 6.07 Å². The van der Waals surface area contributed by atoms with Gasteiger partial charge in [-0.3, -0.25) is 4.79 Å². The Labute approximate surface area is 173 Å². The zero-order valence-corrected chi connectivity index (χ0v) is 17.9. The van der Waals surface area contributed by atoms with Crippen LogP contribution >= 0.6 is 12.4 Å². The van der Waals surface area contributed by atoms with Gasteiger partial charge in [0.05, 0.1) is 18.1 Å². The maximum absolute atomic E-state index is 12.5. The molecule has 0 spiro atoms. The van der Waals surface area contributed by atoms with Crippen molar-refractivity contribution in [2.75, 3.05) is 26.3 Å². The van der Waals surface area contributed by atoms with Crippen molar-refractivity contribution >= 4 is 28.3 Å². The highest BCUT2D eigenvalue weighted by atomic mass is 35.5. The first-order valence-electron chi connectivity index (χ1n) is 9.20. The summed E-state index contributed by atoms with van der Waals surface area (Å²) in [6, 6.07) is 4.38. The molecule has 1 atom stereocenters. The van der Waals surface area contributed by atoms with Gasteiger partial charge < -0.3 is 20.5 Å². The van der Waals surface area contributed by atoms with Gasteiger partial charge >= 0.3 is 0 Å². The molecule has 1 heterocycles. The lowest BCUT2D eigenvalue weighted by Gasteiger charge is -2.18. The summed E-state index contributed by atoms with van der Waals surface area (Å²) in [5, 5.41) is 2.84. The number of amides is 1. The minimum Gasteiger partial charge on any atom is -0.490 e. The molecule has 1 aromatic carbocycles. The third-order valence-corrected chi connectivity index (χ3v) is 5.54. The van der Waals surface area contributed by atoms with Crippen molar-refractivity contribution in [3.05, 3.63) is 18.2 Å². The van der Waals surface area contributed by atoms with Crippen LogP contribution in [-0.4, -0.2) is 46.7 Å². The Kier molecular flexibility index (Phi) is 10.0. The van der Waals surface area contributed by atoms with E-state index in [1.807, 2.05) is 0 Å². The first-order chi connectivity index (χ1) is 12.8. The molecule has 1 aliphatic heterocycles. The summed E-state index contributed by atoms with van der Waals surface area (Å²) in [5.41, 5.74) is 5.66. The van der Waals surface area contributed by atoms with Gasteiger partial charge in [-0.05, 0) is 24.5 Å². The van der Waals surface area contributed by atoms with E-state index in [-0.39, 0.29) is 42.2 Å². The van der Waals surface area contributed by atoms with Crippen molar-refractivity contribution in [1.82, 2.24) is 10.0 Å². The van der Waals surface area contributed by atoms with E-state index in [0.717, 1.165) is 12.8 Å². The molecule has 0 radical (unpaired) electrons. The predicted molar refractivity (Wildman–Crippen MR) is 110 cm³/mol. The summed E-state index contributed by atoms with van der Waals surface area (Å²) in [5.74, 6) is 1.13. The van der Waals surface area contributed by atoms with Crippen molar-refractivity contribution in [1.29, 1.82) is 0 Å². The van der Waals surface area contributed by atoms with E-state index < -0.39 is 10.0 Å². The second kappa shape index (κ2) is 11.5. The number of sulfonamides is 1. The first-order valence-corrected chi connectivity index (χ1v) is 10.7. The standard InChI is InChI=1S/C18H29N3O5S.ClH/c1-13(2)10-14(12-19)21-18(22)6-7-20-27(23,24)15-4-5-16-17(11-15)26-9-3-8-25-16;/h4-5,11,13-14,20H,3,6-10,12,19H2,1-2H3,(H,21,22);1H. The number of carbonyl (C=O) groups excluding carboxylic acids is 1. The fourth-order valence-corrected chi connectivity index (χ4v) is 3.82. The Morgan fingerprint density at radius 1 is 1.21 bits per heavy atom. The zero-order chi connectivity index (χ0) is 19.9. The molecule has 4 N–H and O–H groups in total. The number of hydrogen-bond donors (Lipinski definition) is 3. The number of hydrogen-bond acceptors (Lipinski definition) is 6. The molecule has 2 rings (SSSR count). The molecule has 0 aromatic heterocycles. The average Bonchev–Trinajstić information content (AvgIpc) is 2.85. The second-order valence-electron chi connectivity index (χ2n) is 6.94. The van der Waals surface area contributed by atoms with E-state index in [4.69, 9.17) is 15.2 Å². The van der Waals surface area contributed by atoms with Crippen molar-refractivity contribution in [3.8, 4) is 11.5 Å². The van der Waals surface area contributed by atoms with Gasteiger partial charge in [-0.25, -0.2) is 13.1 Å². The minimum atomic E-state index is -3.74. The monoisotopic (exact) mass is 435 g/mol. The molecule has 0 bridgehead atoms. The lowest BCUT2D eigenvalue weighted by molar-refractivity contribution is -0.121. The van der Waals surface area contributed by atoms with Crippen molar-refractivity contribution in [2.24, 2.45) is 11.7 Å². The van der Waals surface area contributed by atoms with Crippen LogP contribution in [0.25, 0.3) is 0 Å². The molecule has 1 unspecified atom stereocenters. The molecule has 0 saturated heterocycles. The molecule has 28 heavy (non-hydrogen) atoms. The third kappa shape index (κ3) is 7.46. The highest BCUT2D eigenvalue weighted by molar-refractivity contribution is 7.89. The van der Waals surface area contributed by atoms with Gasteiger partial charge in [0.2, 0.25) is 15.9 Å². The number of halogens is 1. The molecule has 10 heteroatoms. The van der Waals surface area contributed by atoms with Crippen LogP contribution in [0.1, 0.15) is 33.1 Å². The molecule has 0 fully saturated rings. The topological polar surface area (TPSA) is 120 Å². The first kappa shape index (κ1) is 24.5. The number of ether oxygens (including phenoxy) is 2. The van der Waals surface area contributed by atoms with Gasteiger partial charge in [0.15, 0.2) is 11.5 Å². The molecular weight excluding hydrogens is 406 g/mol. The number of nitrogens with two attached hydrogens (primary N) is 1. The van der Waals surface area contributed by atoms with Crippen LogP contribution in [-0.2, 0) is 14.8 Å². The fraction of sp³-hybridized carbons (Fsp3) is 0.611. The molecule has 0 saturated carbocycles. The predicted octanol–water partition coefficient (Wildman–Crippen LogP) is 1.43. The smallest absolute Gasteiger partial charge is 0.240 e. The molecule has 160 valence electrons. The summed E-state index contributed by atoms with van der Waals surface area (Å²) < 4.78 is 38.4. The van der Waals surface area contributed by atoms with Gasteiger partial charge in [0.25, 0.3) is 0 Å². The van der Waals surface area contributed by atoms with E-state index in [0.29, 0.717) is 37.2 Å². The highest BCUT2D eigenvalue weighted by Gasteiger charge is 2.19. The molecule has 1 aromatic rings. The SMILES string of the molecule is CC(C)CC(CN)NC(=O)CCNS(=O)(=O)c1ccc2c(c1)OCCCO2.Cl. The Morgan fingerprint density at radius 2 is 1.89 bits per heavy atom. The molecule has 0 aliphatic carbocycles. The Balaban J connectivity index is 0.00000392. The fourth-order valence-electron chi connectivity index (χ4n) is 2.78. The van der Waals surface area contributed by atoms with Gasteiger partial charge in [0.1, 0.15) is 0 Å². The Morgan fingerprint density at radius 3 is 2.54 bits per heavy atom. The van der Waals surface area contributed by atoms with Crippen LogP contribution < -0.4 is 25.2 Å². The summed E-state index contributed by atoms with van der Waals surface area (Å²) in [6.07, 6.45) is 1.56. The van der Waals surface area contributed by atoms with Crippen LogP contribution in [0.4, 0.5) is 0 Å². The normalized spacial score (nSPS) is 14.7. The van der Waals surface area contributed by atoms with Crippen molar-refractivity contribution in [3.63, 3.8) is 0 Å². The molecule has 1 aliphatic rings. The quantitative estimate of drug-likeness (QED) is 0.539. The van der Waals surface area contributed by atoms with Crippen LogP contribution in [0, 0.1) is 5.92 Å². The van der Waals surface area contributed by atoms with Crippen LogP contribution in [0.15, 0.2) is 23.1 Å². The largest absolute Gasteiger partial charge is 0.490 e. The van der Waals surface area contributed by atoms with E-state index in [9.17, 15) is 13.2 Å². The van der Waals surface area contributed by atoms with Crippen LogP contribution in [0.3, 0.4) is 0 Å². The minimum absolute atomic E-state index is 0. The van der Waals surface area contributed by atoms with Gasteiger partial charge in [-0.2, -0.15) is 0 Å². The van der Waals surface area contributed by atoms with Gasteiger partial charge in [-0.1, -0.05) is 13.8 Å². The summed E-state index contributed by atoms with van der Waals surface area (Å²) in [4.78, 5) is 12.1. The summed E-state index contributed by atoms with van der Waals surface area (Å²) >= 11 is 0. The van der Waals surface area contributed by atoms with E-state index >= 15 is 0 Å². The lowest BCUT2D eigenvalue weighted by Crippen LogP contribution is -2.42. The van der Waals surface area contributed by atoms with Crippen LogP contribution in [0.5, 0.6) is 11.5 Å². The molecular formula is C18H30ClN3O5S. The second-order valence-corrected chi connectivity index (χ2v) is 8.70. The summed E-state index contributed by atoms with van der Waals surface area (Å²) in [6.45, 7) is 5.47. The van der Waals surface area contributed by atoms with E-state index in [2.05, 4.69) is 23.9 Å². The number of rotatable bonds is 9. The van der Waals surface area contributed by atoms with Gasteiger partial charge in [0, 0.05) is 38.0 Å². The van der Waals surface area contributed by atoms with Crippen molar-refractivity contribution in [2.45, 2.75) is 44.0 Å².